The highest BCUT2D eigenvalue weighted by Gasteiger charge is 2.26. The van der Waals surface area contributed by atoms with Crippen molar-refractivity contribution in [2.24, 2.45) is 5.41 Å². The van der Waals surface area contributed by atoms with Crippen LogP contribution in [-0.4, -0.2) is 31.6 Å². The summed E-state index contributed by atoms with van der Waals surface area (Å²) in [5.74, 6) is 0. The van der Waals surface area contributed by atoms with Crippen molar-refractivity contribution in [3.8, 4) is 0 Å². The number of nitrogens with zero attached hydrogens (tertiary/aromatic N) is 1. The van der Waals surface area contributed by atoms with Gasteiger partial charge in [-0.15, -0.1) is 0 Å². The fraction of sp³-hybridized carbons (Fsp3) is 0.571. The summed E-state index contributed by atoms with van der Waals surface area (Å²) in [6.45, 7) is 6.40. The number of rotatable bonds is 4. The lowest BCUT2D eigenvalue weighted by atomic mass is 9.88. The summed E-state index contributed by atoms with van der Waals surface area (Å²) in [6, 6.07) is 7.20. The molecule has 19 heavy (non-hydrogen) atoms. The van der Waals surface area contributed by atoms with Crippen LogP contribution in [0.15, 0.2) is 29.2 Å². The lowest BCUT2D eigenvalue weighted by Gasteiger charge is -2.26. The molecule has 0 spiro atoms. The SMILES string of the molecule is CN(C)S(=O)(=O)c1ccccc1CC(Br)C(C)(C)C. The molecule has 0 radical (unpaired) electrons. The lowest BCUT2D eigenvalue weighted by Crippen LogP contribution is -2.26. The molecule has 0 heterocycles. The first-order valence-corrected chi connectivity index (χ1v) is 8.57. The minimum atomic E-state index is -3.39. The molecule has 0 aliphatic carbocycles. The fourth-order valence-corrected chi connectivity index (χ4v) is 3.10. The van der Waals surface area contributed by atoms with Gasteiger partial charge in [0.25, 0.3) is 0 Å². The van der Waals surface area contributed by atoms with Crippen molar-refractivity contribution in [1.82, 2.24) is 4.31 Å². The molecule has 0 amide bonds. The van der Waals surface area contributed by atoms with E-state index in [4.69, 9.17) is 0 Å². The molecule has 3 nitrogen and oxygen atoms in total. The van der Waals surface area contributed by atoms with Crippen molar-refractivity contribution in [1.29, 1.82) is 0 Å². The van der Waals surface area contributed by atoms with Gasteiger partial charge < -0.3 is 0 Å². The van der Waals surface area contributed by atoms with E-state index in [-0.39, 0.29) is 10.2 Å². The number of hydrogen-bond acceptors (Lipinski definition) is 2. The molecule has 1 aromatic carbocycles. The molecule has 0 aromatic heterocycles. The predicted molar refractivity (Wildman–Crippen MR) is 83.2 cm³/mol. The topological polar surface area (TPSA) is 37.4 Å². The lowest BCUT2D eigenvalue weighted by molar-refractivity contribution is 0.396. The minimum absolute atomic E-state index is 0.0784. The van der Waals surface area contributed by atoms with Gasteiger partial charge in [-0.25, -0.2) is 12.7 Å². The molecule has 1 atom stereocenters. The Labute approximate surface area is 125 Å². The van der Waals surface area contributed by atoms with Crippen LogP contribution in [0.5, 0.6) is 0 Å². The molecule has 0 saturated heterocycles. The van der Waals surface area contributed by atoms with Gasteiger partial charge in [0.1, 0.15) is 0 Å². The van der Waals surface area contributed by atoms with Crippen LogP contribution < -0.4 is 0 Å². The van der Waals surface area contributed by atoms with Gasteiger partial charge in [0, 0.05) is 18.9 Å². The first-order valence-electron chi connectivity index (χ1n) is 6.21. The predicted octanol–water partition coefficient (Wildman–Crippen LogP) is 3.29. The van der Waals surface area contributed by atoms with Crippen molar-refractivity contribution >= 4 is 26.0 Å². The largest absolute Gasteiger partial charge is 0.242 e. The van der Waals surface area contributed by atoms with Crippen molar-refractivity contribution in [2.45, 2.75) is 36.9 Å². The number of alkyl halides is 1. The average Bonchev–Trinajstić information content (AvgIpc) is 2.28. The summed E-state index contributed by atoms with van der Waals surface area (Å²) in [4.78, 5) is 0.618. The van der Waals surface area contributed by atoms with Gasteiger partial charge in [0.15, 0.2) is 0 Å². The zero-order valence-electron chi connectivity index (χ0n) is 12.1. The van der Waals surface area contributed by atoms with E-state index in [2.05, 4.69) is 36.7 Å². The van der Waals surface area contributed by atoms with Crippen LogP contribution in [0.25, 0.3) is 0 Å². The zero-order valence-corrected chi connectivity index (χ0v) is 14.5. The molecule has 0 aliphatic heterocycles. The maximum atomic E-state index is 12.3. The number of benzene rings is 1. The second-order valence-electron chi connectivity index (χ2n) is 5.93. The summed E-state index contributed by atoms with van der Waals surface area (Å²) < 4.78 is 25.8. The van der Waals surface area contributed by atoms with Crippen molar-refractivity contribution in [3.05, 3.63) is 29.8 Å². The van der Waals surface area contributed by atoms with Gasteiger partial charge in [-0.3, -0.25) is 0 Å². The van der Waals surface area contributed by atoms with Gasteiger partial charge in [0.05, 0.1) is 4.90 Å². The number of halogens is 1. The summed E-state index contributed by atoms with van der Waals surface area (Å²) in [7, 11) is -0.272. The van der Waals surface area contributed by atoms with Crippen LogP contribution >= 0.6 is 15.9 Å². The Morgan fingerprint density at radius 2 is 1.74 bits per heavy atom. The quantitative estimate of drug-likeness (QED) is 0.783. The van der Waals surface area contributed by atoms with Crippen molar-refractivity contribution in [2.75, 3.05) is 14.1 Å². The normalized spacial score (nSPS) is 14.7. The van der Waals surface area contributed by atoms with Gasteiger partial charge in [-0.2, -0.15) is 0 Å². The summed E-state index contributed by atoms with van der Waals surface area (Å²) >= 11 is 3.66. The summed E-state index contributed by atoms with van der Waals surface area (Å²) in [6.07, 6.45) is 0.687. The molecule has 0 aliphatic rings. The van der Waals surface area contributed by atoms with E-state index in [1.165, 1.54) is 4.31 Å². The number of hydrogen-bond donors (Lipinski definition) is 0. The van der Waals surface area contributed by atoms with Crippen LogP contribution in [0.2, 0.25) is 0 Å². The van der Waals surface area contributed by atoms with Crippen molar-refractivity contribution in [3.63, 3.8) is 0 Å². The van der Waals surface area contributed by atoms with E-state index >= 15 is 0 Å². The van der Waals surface area contributed by atoms with Crippen LogP contribution in [-0.2, 0) is 16.4 Å². The molecule has 1 rings (SSSR count). The standard InChI is InChI=1S/C14H22BrNO2S/c1-14(2,3)13(15)10-11-8-6-7-9-12(11)19(17,18)16(4)5/h6-9,13H,10H2,1-5H3. The molecule has 1 aromatic rings. The average molecular weight is 348 g/mol. The van der Waals surface area contributed by atoms with Gasteiger partial charge in [-0.1, -0.05) is 54.9 Å². The third-order valence-electron chi connectivity index (χ3n) is 3.07. The highest BCUT2D eigenvalue weighted by atomic mass is 79.9. The van der Waals surface area contributed by atoms with Gasteiger partial charge >= 0.3 is 0 Å². The van der Waals surface area contributed by atoms with E-state index < -0.39 is 10.0 Å². The van der Waals surface area contributed by atoms with E-state index in [1.807, 2.05) is 12.1 Å². The maximum absolute atomic E-state index is 12.3. The van der Waals surface area contributed by atoms with E-state index in [0.717, 1.165) is 5.56 Å². The fourth-order valence-electron chi connectivity index (χ4n) is 1.62. The van der Waals surface area contributed by atoms with Crippen LogP contribution in [0.3, 0.4) is 0 Å². The van der Waals surface area contributed by atoms with Crippen molar-refractivity contribution < 1.29 is 8.42 Å². The molecule has 0 fully saturated rings. The molecule has 0 bridgehead atoms. The Bertz CT molecular complexity index is 533. The second-order valence-corrected chi connectivity index (χ2v) is 9.16. The molecule has 0 saturated carbocycles. The van der Waals surface area contributed by atoms with Crippen LogP contribution in [0.1, 0.15) is 26.3 Å². The second kappa shape index (κ2) is 5.94. The number of sulfonamides is 1. The van der Waals surface area contributed by atoms with Crippen LogP contribution in [0.4, 0.5) is 0 Å². The van der Waals surface area contributed by atoms with Crippen LogP contribution in [0, 0.1) is 5.41 Å². The zero-order chi connectivity index (χ0) is 14.8. The molecule has 108 valence electrons. The first-order chi connectivity index (χ1) is 8.56. The highest BCUT2D eigenvalue weighted by Crippen LogP contribution is 2.31. The third kappa shape index (κ3) is 4.04. The first kappa shape index (κ1) is 16.7. The molecule has 1 unspecified atom stereocenters. The highest BCUT2D eigenvalue weighted by molar-refractivity contribution is 9.09. The Balaban J connectivity index is 3.18. The Morgan fingerprint density at radius 1 is 1.21 bits per heavy atom. The summed E-state index contributed by atoms with van der Waals surface area (Å²) in [5.41, 5.74) is 0.933. The Hall–Kier alpha value is -0.390. The van der Waals surface area contributed by atoms with E-state index in [1.54, 1.807) is 26.2 Å². The summed E-state index contributed by atoms with van der Waals surface area (Å²) in [5, 5.41) is 0. The molecular weight excluding hydrogens is 326 g/mol. The third-order valence-corrected chi connectivity index (χ3v) is 6.68. The van der Waals surface area contributed by atoms with E-state index in [9.17, 15) is 8.42 Å². The van der Waals surface area contributed by atoms with E-state index in [0.29, 0.717) is 11.3 Å². The smallest absolute Gasteiger partial charge is 0.207 e. The molecular formula is C14H22BrNO2S. The monoisotopic (exact) mass is 347 g/mol. The molecule has 5 heteroatoms. The Kier molecular flexibility index (Phi) is 5.21. The maximum Gasteiger partial charge on any atom is 0.242 e. The minimum Gasteiger partial charge on any atom is -0.207 e. The molecule has 0 N–H and O–H groups in total. The Morgan fingerprint density at radius 3 is 2.21 bits per heavy atom. The van der Waals surface area contributed by atoms with Gasteiger partial charge in [0.2, 0.25) is 10.0 Å². The van der Waals surface area contributed by atoms with Gasteiger partial charge in [-0.05, 0) is 23.5 Å².